The zero-order chi connectivity index (χ0) is 13.7. The van der Waals surface area contributed by atoms with Crippen LogP contribution in [0.2, 0.25) is 0 Å². The van der Waals surface area contributed by atoms with E-state index in [-0.39, 0.29) is 0 Å². The molecule has 1 unspecified atom stereocenters. The number of hydrogen-bond acceptors (Lipinski definition) is 1. The second-order valence-electron chi connectivity index (χ2n) is 5.80. The molecule has 0 aromatic heterocycles. The Balaban J connectivity index is 2.08. The smallest absolute Gasteiger partial charge is 0.0324 e. The fraction of sp³-hybridized carbons (Fsp3) is 0.444. The number of hydrogen-bond donors (Lipinski definition) is 0. The van der Waals surface area contributed by atoms with Crippen LogP contribution in [0.25, 0.3) is 0 Å². The number of rotatable bonds is 4. The molecule has 0 bridgehead atoms. The van der Waals surface area contributed by atoms with Crippen molar-refractivity contribution in [2.24, 2.45) is 0 Å². The van der Waals surface area contributed by atoms with Crippen LogP contribution in [0.1, 0.15) is 32.8 Å². The number of nitrogens with zero attached hydrogens (tertiary/aromatic N) is 1. The SMILES string of the molecule is CC(C)=CCN1CCC(C)=CC1Cc1ccccc1. The van der Waals surface area contributed by atoms with Gasteiger partial charge >= 0.3 is 0 Å². The Morgan fingerprint density at radius 1 is 1.26 bits per heavy atom. The largest absolute Gasteiger partial charge is 0.293 e. The van der Waals surface area contributed by atoms with E-state index in [1.165, 1.54) is 29.7 Å². The molecule has 0 radical (unpaired) electrons. The van der Waals surface area contributed by atoms with Crippen LogP contribution < -0.4 is 0 Å². The first-order valence-corrected chi connectivity index (χ1v) is 7.24. The van der Waals surface area contributed by atoms with E-state index in [0.29, 0.717) is 6.04 Å². The summed E-state index contributed by atoms with van der Waals surface area (Å²) in [5.41, 5.74) is 4.37. The summed E-state index contributed by atoms with van der Waals surface area (Å²) in [5, 5.41) is 0. The second kappa shape index (κ2) is 6.72. The molecular formula is C18H25N. The molecule has 2 rings (SSSR count). The molecule has 0 amide bonds. The van der Waals surface area contributed by atoms with Gasteiger partial charge in [0.2, 0.25) is 0 Å². The van der Waals surface area contributed by atoms with Crippen LogP contribution in [-0.4, -0.2) is 24.0 Å². The molecule has 0 saturated carbocycles. The highest BCUT2D eigenvalue weighted by molar-refractivity contribution is 5.20. The van der Waals surface area contributed by atoms with Crippen LogP contribution in [0, 0.1) is 0 Å². The maximum Gasteiger partial charge on any atom is 0.0324 e. The monoisotopic (exact) mass is 255 g/mol. The van der Waals surface area contributed by atoms with Crippen molar-refractivity contribution in [2.45, 2.75) is 39.7 Å². The standard InChI is InChI=1S/C18H25N/c1-15(2)9-11-19-12-10-16(3)13-18(19)14-17-7-5-4-6-8-17/h4-9,13,18H,10-12,14H2,1-3H3. The van der Waals surface area contributed by atoms with Gasteiger partial charge in [-0.1, -0.05) is 53.6 Å². The molecule has 0 aliphatic carbocycles. The Bertz CT molecular complexity index is 452. The molecule has 0 spiro atoms. The predicted octanol–water partition coefficient (Wildman–Crippen LogP) is 4.22. The summed E-state index contributed by atoms with van der Waals surface area (Å²) in [7, 11) is 0. The lowest BCUT2D eigenvalue weighted by molar-refractivity contribution is 0.241. The van der Waals surface area contributed by atoms with E-state index in [1.54, 1.807) is 0 Å². The van der Waals surface area contributed by atoms with Gasteiger partial charge in [-0.2, -0.15) is 0 Å². The zero-order valence-electron chi connectivity index (χ0n) is 12.4. The van der Waals surface area contributed by atoms with Crippen LogP contribution in [0.15, 0.2) is 53.6 Å². The lowest BCUT2D eigenvalue weighted by atomic mass is 9.97. The van der Waals surface area contributed by atoms with Crippen molar-refractivity contribution in [3.63, 3.8) is 0 Å². The van der Waals surface area contributed by atoms with Gasteiger partial charge < -0.3 is 0 Å². The third-order valence-electron chi connectivity index (χ3n) is 3.76. The molecule has 1 heteroatoms. The molecule has 1 nitrogen and oxygen atoms in total. The predicted molar refractivity (Wildman–Crippen MR) is 83.3 cm³/mol. The highest BCUT2D eigenvalue weighted by atomic mass is 15.1. The first kappa shape index (κ1) is 14.1. The molecule has 0 saturated heterocycles. The third kappa shape index (κ3) is 4.36. The van der Waals surface area contributed by atoms with Crippen LogP contribution in [0.5, 0.6) is 0 Å². The lowest BCUT2D eigenvalue weighted by Crippen LogP contribution is -2.39. The fourth-order valence-electron chi connectivity index (χ4n) is 2.57. The van der Waals surface area contributed by atoms with Crippen molar-refractivity contribution in [3.05, 3.63) is 59.2 Å². The Hall–Kier alpha value is -1.34. The Morgan fingerprint density at radius 2 is 2.00 bits per heavy atom. The van der Waals surface area contributed by atoms with Crippen LogP contribution in [-0.2, 0) is 6.42 Å². The maximum absolute atomic E-state index is 2.59. The first-order valence-electron chi connectivity index (χ1n) is 7.24. The van der Waals surface area contributed by atoms with Crippen LogP contribution in [0.3, 0.4) is 0 Å². The van der Waals surface area contributed by atoms with E-state index in [2.05, 4.69) is 68.2 Å². The number of allylic oxidation sites excluding steroid dienone is 1. The summed E-state index contributed by atoms with van der Waals surface area (Å²) in [6, 6.07) is 11.4. The van der Waals surface area contributed by atoms with Crippen LogP contribution in [0.4, 0.5) is 0 Å². The Kier molecular flexibility index (Phi) is 4.98. The Labute approximate surface area is 117 Å². The van der Waals surface area contributed by atoms with Crippen molar-refractivity contribution < 1.29 is 0 Å². The summed E-state index contributed by atoms with van der Waals surface area (Å²) >= 11 is 0. The second-order valence-corrected chi connectivity index (χ2v) is 5.80. The normalized spacial score (nSPS) is 19.9. The van der Waals surface area contributed by atoms with E-state index >= 15 is 0 Å². The highest BCUT2D eigenvalue weighted by Crippen LogP contribution is 2.19. The quantitative estimate of drug-likeness (QED) is 0.728. The molecule has 1 aromatic rings. The Morgan fingerprint density at radius 3 is 2.68 bits per heavy atom. The van der Waals surface area contributed by atoms with Gasteiger partial charge in [-0.05, 0) is 39.2 Å². The van der Waals surface area contributed by atoms with Crippen molar-refractivity contribution in [1.82, 2.24) is 4.90 Å². The van der Waals surface area contributed by atoms with E-state index in [9.17, 15) is 0 Å². The molecule has 0 N–H and O–H groups in total. The minimum atomic E-state index is 0.548. The van der Waals surface area contributed by atoms with Crippen molar-refractivity contribution >= 4 is 0 Å². The van der Waals surface area contributed by atoms with Gasteiger partial charge in [-0.15, -0.1) is 0 Å². The van der Waals surface area contributed by atoms with Gasteiger partial charge in [0, 0.05) is 19.1 Å². The van der Waals surface area contributed by atoms with Crippen molar-refractivity contribution in [3.8, 4) is 0 Å². The molecule has 1 heterocycles. The van der Waals surface area contributed by atoms with Crippen LogP contribution >= 0.6 is 0 Å². The van der Waals surface area contributed by atoms with Crippen molar-refractivity contribution in [1.29, 1.82) is 0 Å². The van der Waals surface area contributed by atoms with E-state index in [4.69, 9.17) is 0 Å². The summed E-state index contributed by atoms with van der Waals surface area (Å²) in [5.74, 6) is 0. The molecule has 1 aliphatic heterocycles. The summed E-state index contributed by atoms with van der Waals surface area (Å²) in [6.45, 7) is 8.87. The highest BCUT2D eigenvalue weighted by Gasteiger charge is 2.19. The fourth-order valence-corrected chi connectivity index (χ4v) is 2.57. The minimum absolute atomic E-state index is 0.548. The van der Waals surface area contributed by atoms with E-state index in [0.717, 1.165) is 13.0 Å². The summed E-state index contributed by atoms with van der Waals surface area (Å²) in [4.78, 5) is 2.59. The average molecular weight is 255 g/mol. The van der Waals surface area contributed by atoms with Gasteiger partial charge in [-0.25, -0.2) is 0 Å². The van der Waals surface area contributed by atoms with Gasteiger partial charge in [-0.3, -0.25) is 4.90 Å². The number of benzene rings is 1. The molecule has 1 aromatic carbocycles. The lowest BCUT2D eigenvalue weighted by Gasteiger charge is -2.33. The van der Waals surface area contributed by atoms with Gasteiger partial charge in [0.1, 0.15) is 0 Å². The van der Waals surface area contributed by atoms with Gasteiger partial charge in [0.05, 0.1) is 0 Å². The van der Waals surface area contributed by atoms with Gasteiger partial charge in [0.15, 0.2) is 0 Å². The molecule has 1 atom stereocenters. The van der Waals surface area contributed by atoms with E-state index < -0.39 is 0 Å². The molecule has 1 aliphatic rings. The first-order chi connectivity index (χ1) is 9.15. The zero-order valence-corrected chi connectivity index (χ0v) is 12.4. The topological polar surface area (TPSA) is 3.24 Å². The molecular weight excluding hydrogens is 230 g/mol. The molecule has 102 valence electrons. The maximum atomic E-state index is 2.59. The third-order valence-corrected chi connectivity index (χ3v) is 3.76. The molecule has 0 fully saturated rings. The minimum Gasteiger partial charge on any atom is -0.293 e. The van der Waals surface area contributed by atoms with Crippen molar-refractivity contribution in [2.75, 3.05) is 13.1 Å². The summed E-state index contributed by atoms with van der Waals surface area (Å²) in [6.07, 6.45) is 7.12. The van der Waals surface area contributed by atoms with Gasteiger partial charge in [0.25, 0.3) is 0 Å². The summed E-state index contributed by atoms with van der Waals surface area (Å²) < 4.78 is 0. The average Bonchev–Trinajstić information content (AvgIpc) is 2.39. The molecule has 19 heavy (non-hydrogen) atoms. The van der Waals surface area contributed by atoms with E-state index in [1.807, 2.05) is 0 Å².